The number of para-hydroxylation sites is 1. The average molecular weight is 253 g/mol. The Hall–Kier alpha value is -2.10. The summed E-state index contributed by atoms with van der Waals surface area (Å²) in [5.41, 5.74) is 8.19. The van der Waals surface area contributed by atoms with E-state index in [-0.39, 0.29) is 6.54 Å². The van der Waals surface area contributed by atoms with Gasteiger partial charge in [0.15, 0.2) is 0 Å². The van der Waals surface area contributed by atoms with Crippen LogP contribution in [0, 0.1) is 0 Å². The first-order valence-corrected chi connectivity index (χ1v) is 6.24. The topological polar surface area (TPSA) is 55.5 Å². The van der Waals surface area contributed by atoms with Crippen LogP contribution >= 0.6 is 0 Å². The van der Waals surface area contributed by atoms with Crippen molar-refractivity contribution in [3.05, 3.63) is 71.3 Å². The van der Waals surface area contributed by atoms with Crippen molar-refractivity contribution in [1.82, 2.24) is 0 Å². The van der Waals surface area contributed by atoms with E-state index in [1.165, 1.54) is 0 Å². The Labute approximate surface area is 112 Å². The van der Waals surface area contributed by atoms with Gasteiger partial charge in [-0.05, 0) is 6.07 Å². The lowest BCUT2D eigenvalue weighted by Gasteiger charge is -2.27. The number of nitrogens with two attached hydrogens (primary N) is 1. The van der Waals surface area contributed by atoms with Gasteiger partial charge < -0.3 is 15.6 Å². The molecule has 1 heterocycles. The summed E-state index contributed by atoms with van der Waals surface area (Å²) in [6.45, 7) is 0.264. The second-order valence-electron chi connectivity index (χ2n) is 4.47. The quantitative estimate of drug-likeness (QED) is 0.864. The fourth-order valence-corrected chi connectivity index (χ4v) is 2.32. The Morgan fingerprint density at radius 3 is 2.42 bits per heavy atom. The predicted molar refractivity (Wildman–Crippen MR) is 74.4 cm³/mol. The van der Waals surface area contributed by atoms with Gasteiger partial charge in [-0.1, -0.05) is 48.5 Å². The number of ether oxygens (including phenoxy) is 1. The predicted octanol–water partition coefficient (Wildman–Crippen LogP) is 2.48. The summed E-state index contributed by atoms with van der Waals surface area (Å²) >= 11 is 0. The monoisotopic (exact) mass is 253 g/mol. The molecule has 19 heavy (non-hydrogen) atoms. The van der Waals surface area contributed by atoms with Gasteiger partial charge in [0, 0.05) is 23.2 Å². The first-order valence-electron chi connectivity index (χ1n) is 6.24. The van der Waals surface area contributed by atoms with Crippen LogP contribution in [0.5, 0.6) is 5.75 Å². The van der Waals surface area contributed by atoms with Gasteiger partial charge in [0.2, 0.25) is 0 Å². The van der Waals surface area contributed by atoms with Crippen molar-refractivity contribution in [1.29, 1.82) is 0 Å². The van der Waals surface area contributed by atoms with Gasteiger partial charge in [-0.15, -0.1) is 0 Å². The highest BCUT2D eigenvalue weighted by molar-refractivity contribution is 5.70. The van der Waals surface area contributed by atoms with E-state index in [9.17, 15) is 5.11 Å². The van der Waals surface area contributed by atoms with E-state index in [0.717, 1.165) is 11.1 Å². The molecule has 1 atom stereocenters. The molecule has 1 aliphatic rings. The number of benzene rings is 2. The van der Waals surface area contributed by atoms with Crippen LogP contribution in [-0.4, -0.2) is 11.7 Å². The highest BCUT2D eigenvalue weighted by Gasteiger charge is 2.27. The van der Waals surface area contributed by atoms with E-state index in [2.05, 4.69) is 0 Å². The first kappa shape index (κ1) is 12.0. The molecule has 3 N–H and O–H groups in total. The molecule has 2 aromatic rings. The molecule has 0 aromatic heterocycles. The molecular weight excluding hydrogens is 238 g/mol. The minimum atomic E-state index is -0.704. The molecule has 96 valence electrons. The van der Waals surface area contributed by atoms with Crippen molar-refractivity contribution in [3.63, 3.8) is 0 Å². The molecule has 0 saturated carbocycles. The normalized spacial score (nSPS) is 17.9. The third-order valence-corrected chi connectivity index (χ3v) is 3.30. The fraction of sp³-hybridized carbons (Fsp3) is 0.125. The summed E-state index contributed by atoms with van der Waals surface area (Å²) in [5.74, 6) is 1.35. The summed E-state index contributed by atoms with van der Waals surface area (Å²) in [4.78, 5) is 0. The van der Waals surface area contributed by atoms with Gasteiger partial charge in [-0.25, -0.2) is 0 Å². The maximum absolute atomic E-state index is 10.4. The Balaban J connectivity index is 2.13. The summed E-state index contributed by atoms with van der Waals surface area (Å²) in [7, 11) is 0. The van der Waals surface area contributed by atoms with Gasteiger partial charge in [-0.3, -0.25) is 0 Å². The Morgan fingerprint density at radius 2 is 1.68 bits per heavy atom. The molecular formula is C16H15NO2. The smallest absolute Gasteiger partial charge is 0.138 e. The summed E-state index contributed by atoms with van der Waals surface area (Å²) < 4.78 is 5.93. The molecule has 0 saturated heterocycles. The molecule has 3 rings (SSSR count). The third kappa shape index (κ3) is 2.03. The maximum Gasteiger partial charge on any atom is 0.138 e. The van der Waals surface area contributed by atoms with Crippen LogP contribution in [0.1, 0.15) is 17.2 Å². The van der Waals surface area contributed by atoms with E-state index < -0.39 is 6.10 Å². The molecule has 3 heteroatoms. The molecule has 0 aliphatic carbocycles. The van der Waals surface area contributed by atoms with Crippen LogP contribution in [0.15, 0.2) is 60.2 Å². The molecule has 0 amide bonds. The summed E-state index contributed by atoms with van der Waals surface area (Å²) in [6, 6.07) is 17.2. The van der Waals surface area contributed by atoms with Crippen molar-refractivity contribution in [2.75, 3.05) is 6.54 Å². The first-order chi connectivity index (χ1) is 9.31. The van der Waals surface area contributed by atoms with Crippen LogP contribution in [0.4, 0.5) is 0 Å². The fourth-order valence-electron chi connectivity index (χ4n) is 2.32. The largest absolute Gasteiger partial charge is 0.456 e. The zero-order valence-corrected chi connectivity index (χ0v) is 10.4. The third-order valence-electron chi connectivity index (χ3n) is 3.30. The number of fused-ring (bicyclic) bond motifs is 1. The van der Waals surface area contributed by atoms with Crippen molar-refractivity contribution in [3.8, 4) is 5.75 Å². The van der Waals surface area contributed by atoms with Crippen LogP contribution in [0.2, 0.25) is 0 Å². The second kappa shape index (κ2) is 4.88. The van der Waals surface area contributed by atoms with E-state index in [1.807, 2.05) is 54.6 Å². The van der Waals surface area contributed by atoms with Gasteiger partial charge in [0.05, 0.1) is 0 Å². The number of hydrogen-bond acceptors (Lipinski definition) is 3. The highest BCUT2D eigenvalue weighted by Crippen LogP contribution is 2.40. The zero-order chi connectivity index (χ0) is 13.2. The van der Waals surface area contributed by atoms with Crippen LogP contribution in [-0.2, 0) is 0 Å². The van der Waals surface area contributed by atoms with Crippen molar-refractivity contribution in [2.45, 2.75) is 6.10 Å². The van der Waals surface area contributed by atoms with Gasteiger partial charge in [0.25, 0.3) is 0 Å². The SMILES string of the molecule is NCC1=C(c2ccccc2)Oc2ccccc2C1O. The minimum Gasteiger partial charge on any atom is -0.456 e. The van der Waals surface area contributed by atoms with Gasteiger partial charge >= 0.3 is 0 Å². The Morgan fingerprint density at radius 1 is 1.00 bits per heavy atom. The molecule has 1 unspecified atom stereocenters. The molecule has 0 bridgehead atoms. The lowest BCUT2D eigenvalue weighted by atomic mass is 9.94. The summed E-state index contributed by atoms with van der Waals surface area (Å²) in [5, 5.41) is 10.4. The molecule has 1 aliphatic heterocycles. The van der Waals surface area contributed by atoms with E-state index >= 15 is 0 Å². The highest BCUT2D eigenvalue weighted by atomic mass is 16.5. The van der Waals surface area contributed by atoms with Crippen LogP contribution in [0.25, 0.3) is 5.76 Å². The number of aliphatic hydroxyl groups excluding tert-OH is 1. The van der Waals surface area contributed by atoms with E-state index in [1.54, 1.807) is 0 Å². The van der Waals surface area contributed by atoms with Gasteiger partial charge in [-0.2, -0.15) is 0 Å². The van der Waals surface area contributed by atoms with Gasteiger partial charge in [0.1, 0.15) is 17.6 Å². The lowest BCUT2D eigenvalue weighted by molar-refractivity contribution is 0.201. The van der Waals surface area contributed by atoms with E-state index in [4.69, 9.17) is 10.5 Å². The molecule has 2 aromatic carbocycles. The molecule has 0 fully saturated rings. The van der Waals surface area contributed by atoms with Crippen molar-refractivity contribution in [2.24, 2.45) is 5.73 Å². The molecule has 0 spiro atoms. The average Bonchev–Trinajstić information content (AvgIpc) is 2.48. The maximum atomic E-state index is 10.4. The zero-order valence-electron chi connectivity index (χ0n) is 10.4. The van der Waals surface area contributed by atoms with Crippen LogP contribution in [0.3, 0.4) is 0 Å². The second-order valence-corrected chi connectivity index (χ2v) is 4.47. The Kier molecular flexibility index (Phi) is 3.07. The standard InChI is InChI=1S/C16H15NO2/c17-10-13-15(18)12-8-4-5-9-14(12)19-16(13)11-6-2-1-3-7-11/h1-9,15,18H,10,17H2. The lowest BCUT2D eigenvalue weighted by Crippen LogP contribution is -2.20. The van der Waals surface area contributed by atoms with Crippen LogP contribution < -0.4 is 10.5 Å². The van der Waals surface area contributed by atoms with Crippen molar-refractivity contribution >= 4 is 5.76 Å². The number of rotatable bonds is 2. The summed E-state index contributed by atoms with van der Waals surface area (Å²) in [6.07, 6.45) is -0.704. The molecule has 3 nitrogen and oxygen atoms in total. The number of aliphatic hydroxyl groups is 1. The number of hydrogen-bond donors (Lipinski definition) is 2. The Bertz CT molecular complexity index is 620. The molecule has 0 radical (unpaired) electrons. The van der Waals surface area contributed by atoms with E-state index in [0.29, 0.717) is 17.1 Å². The van der Waals surface area contributed by atoms with Crippen molar-refractivity contribution < 1.29 is 9.84 Å². The minimum absolute atomic E-state index is 0.264.